The Hall–Kier alpha value is -3.34. The quantitative estimate of drug-likeness (QED) is 0.298. The number of hydrogen-bond acceptors (Lipinski definition) is 6. The third-order valence-electron chi connectivity index (χ3n) is 4.16. The minimum atomic E-state index is -4.72. The lowest BCUT2D eigenvalue weighted by molar-refractivity contribution is -0.141. The summed E-state index contributed by atoms with van der Waals surface area (Å²) in [5.41, 5.74) is -0.859. The molecule has 3 aromatic rings. The number of anilines is 1. The van der Waals surface area contributed by atoms with Gasteiger partial charge in [-0.2, -0.15) is 13.2 Å². The minimum Gasteiger partial charge on any atom is -0.493 e. The van der Waals surface area contributed by atoms with Crippen LogP contribution in [0.15, 0.2) is 53.7 Å². The molecule has 0 aliphatic rings. The number of hydrogen-bond donors (Lipinski definition) is 1. The van der Waals surface area contributed by atoms with E-state index >= 15 is 0 Å². The summed E-state index contributed by atoms with van der Waals surface area (Å²) < 4.78 is 64.2. The number of methoxy groups -OCH3 is 2. The van der Waals surface area contributed by atoms with Gasteiger partial charge in [-0.3, -0.25) is 4.79 Å². The van der Waals surface area contributed by atoms with Gasteiger partial charge >= 0.3 is 6.18 Å². The Balaban J connectivity index is 1.86. The smallest absolute Gasteiger partial charge is 0.433 e. The van der Waals surface area contributed by atoms with Crippen molar-refractivity contribution in [1.29, 1.82) is 0 Å². The van der Waals surface area contributed by atoms with Crippen LogP contribution in [0.25, 0.3) is 11.3 Å². The lowest BCUT2D eigenvalue weighted by Gasteiger charge is -2.12. The largest absolute Gasteiger partial charge is 0.493 e. The molecule has 0 fully saturated rings. The number of thioether (sulfide) groups is 1. The van der Waals surface area contributed by atoms with Crippen molar-refractivity contribution in [2.24, 2.45) is 0 Å². The molecule has 1 heterocycles. The van der Waals surface area contributed by atoms with Crippen molar-refractivity contribution >= 4 is 23.4 Å². The number of nitrogens with zero attached hydrogens (tertiary/aromatic N) is 2. The van der Waals surface area contributed by atoms with Crippen LogP contribution in [0.4, 0.5) is 23.2 Å². The Morgan fingerprint density at radius 3 is 2.41 bits per heavy atom. The molecule has 11 heteroatoms. The highest BCUT2D eigenvalue weighted by Gasteiger charge is 2.34. The molecule has 1 amide bonds. The predicted octanol–water partition coefficient (Wildman–Crippen LogP) is 5.05. The van der Waals surface area contributed by atoms with Crippen molar-refractivity contribution in [2.75, 3.05) is 25.3 Å². The second kappa shape index (κ2) is 9.86. The van der Waals surface area contributed by atoms with E-state index in [1.807, 2.05) is 0 Å². The molecule has 0 aliphatic carbocycles. The molecule has 0 bridgehead atoms. The summed E-state index contributed by atoms with van der Waals surface area (Å²) in [4.78, 5) is 19.8. The molecule has 1 N–H and O–H groups in total. The van der Waals surface area contributed by atoms with Gasteiger partial charge < -0.3 is 14.8 Å². The number of ether oxygens (including phenoxy) is 2. The van der Waals surface area contributed by atoms with Gasteiger partial charge in [-0.25, -0.2) is 14.4 Å². The molecule has 0 saturated heterocycles. The van der Waals surface area contributed by atoms with Gasteiger partial charge in [0.1, 0.15) is 11.5 Å². The fourth-order valence-corrected chi connectivity index (χ4v) is 3.32. The number of para-hydroxylation sites is 1. The second-order valence-electron chi connectivity index (χ2n) is 6.31. The summed E-state index contributed by atoms with van der Waals surface area (Å²) in [6, 6.07) is 10.9. The van der Waals surface area contributed by atoms with Crippen molar-refractivity contribution in [3.63, 3.8) is 0 Å². The molecule has 0 saturated carbocycles. The van der Waals surface area contributed by atoms with Crippen LogP contribution < -0.4 is 14.8 Å². The van der Waals surface area contributed by atoms with Crippen LogP contribution in [0.3, 0.4) is 0 Å². The number of amides is 1. The van der Waals surface area contributed by atoms with E-state index in [0.29, 0.717) is 28.8 Å². The van der Waals surface area contributed by atoms with Gasteiger partial charge in [0, 0.05) is 5.56 Å². The molecule has 6 nitrogen and oxygen atoms in total. The number of halogens is 4. The van der Waals surface area contributed by atoms with Gasteiger partial charge in [0.25, 0.3) is 0 Å². The zero-order chi connectivity index (χ0) is 23.3. The summed E-state index contributed by atoms with van der Waals surface area (Å²) in [5.74, 6) is -0.844. The third kappa shape index (κ3) is 5.67. The molecule has 3 rings (SSSR count). The topological polar surface area (TPSA) is 73.3 Å². The Morgan fingerprint density at radius 2 is 1.75 bits per heavy atom. The van der Waals surface area contributed by atoms with Gasteiger partial charge in [0.2, 0.25) is 5.91 Å². The Morgan fingerprint density at radius 1 is 1.03 bits per heavy atom. The molecular formula is C21H17F4N3O3S. The van der Waals surface area contributed by atoms with Crippen molar-refractivity contribution in [3.05, 3.63) is 60.0 Å². The van der Waals surface area contributed by atoms with Gasteiger partial charge in [0.15, 0.2) is 16.7 Å². The Labute approximate surface area is 185 Å². The second-order valence-corrected chi connectivity index (χ2v) is 7.25. The van der Waals surface area contributed by atoms with Crippen LogP contribution in [0.2, 0.25) is 0 Å². The zero-order valence-corrected chi connectivity index (χ0v) is 17.7. The summed E-state index contributed by atoms with van der Waals surface area (Å²) in [5, 5.41) is 2.10. The average Bonchev–Trinajstić information content (AvgIpc) is 2.78. The summed E-state index contributed by atoms with van der Waals surface area (Å²) >= 11 is 0.698. The molecule has 0 unspecified atom stereocenters. The van der Waals surface area contributed by atoms with Gasteiger partial charge in [-0.1, -0.05) is 23.9 Å². The molecule has 0 aliphatic heterocycles. The summed E-state index contributed by atoms with van der Waals surface area (Å²) in [7, 11) is 2.84. The number of aromatic nitrogens is 2. The molecule has 0 atom stereocenters. The highest BCUT2D eigenvalue weighted by molar-refractivity contribution is 7.99. The molecule has 2 aromatic carbocycles. The van der Waals surface area contributed by atoms with Crippen molar-refractivity contribution in [2.45, 2.75) is 11.3 Å². The lowest BCUT2D eigenvalue weighted by Crippen LogP contribution is -2.16. The van der Waals surface area contributed by atoms with E-state index in [1.54, 1.807) is 0 Å². The van der Waals surface area contributed by atoms with E-state index in [0.717, 1.165) is 6.07 Å². The predicted molar refractivity (Wildman–Crippen MR) is 111 cm³/mol. The highest BCUT2D eigenvalue weighted by atomic mass is 32.2. The standard InChI is InChI=1S/C21H17F4N3O3S/c1-30-16-8-7-12(9-17(16)31-2)15-10-18(21(23,24)25)28-20(27-15)32-11-19(29)26-14-6-4-3-5-13(14)22/h3-10H,11H2,1-2H3,(H,26,29). The molecule has 0 spiro atoms. The molecular weight excluding hydrogens is 450 g/mol. The molecule has 0 radical (unpaired) electrons. The Kier molecular flexibility index (Phi) is 7.18. The van der Waals surface area contributed by atoms with E-state index in [4.69, 9.17) is 9.47 Å². The van der Waals surface area contributed by atoms with Crippen LogP contribution in [0.1, 0.15) is 5.69 Å². The van der Waals surface area contributed by atoms with E-state index in [-0.39, 0.29) is 22.3 Å². The van der Waals surface area contributed by atoms with Crippen LogP contribution in [0.5, 0.6) is 11.5 Å². The molecule has 1 aromatic heterocycles. The molecule has 32 heavy (non-hydrogen) atoms. The van der Waals surface area contributed by atoms with Gasteiger partial charge in [-0.15, -0.1) is 0 Å². The number of alkyl halides is 3. The minimum absolute atomic E-state index is 0.00899. The van der Waals surface area contributed by atoms with Crippen LogP contribution in [-0.2, 0) is 11.0 Å². The summed E-state index contributed by atoms with van der Waals surface area (Å²) in [6.45, 7) is 0. The average molecular weight is 467 g/mol. The lowest BCUT2D eigenvalue weighted by atomic mass is 10.1. The Bertz CT molecular complexity index is 1130. The van der Waals surface area contributed by atoms with E-state index in [2.05, 4.69) is 15.3 Å². The van der Waals surface area contributed by atoms with Gasteiger partial charge in [0.05, 0.1) is 31.4 Å². The van der Waals surface area contributed by atoms with Crippen LogP contribution in [-0.4, -0.2) is 35.8 Å². The van der Waals surface area contributed by atoms with Crippen molar-refractivity contribution in [1.82, 2.24) is 9.97 Å². The van der Waals surface area contributed by atoms with Crippen molar-refractivity contribution < 1.29 is 31.8 Å². The zero-order valence-electron chi connectivity index (χ0n) is 16.9. The number of carbonyl (C=O) groups is 1. The normalized spacial score (nSPS) is 11.2. The number of rotatable bonds is 7. The fraction of sp³-hybridized carbons (Fsp3) is 0.190. The fourth-order valence-electron chi connectivity index (χ4n) is 2.66. The van der Waals surface area contributed by atoms with E-state index in [9.17, 15) is 22.4 Å². The SMILES string of the molecule is COc1ccc(-c2cc(C(F)(F)F)nc(SCC(=O)Nc3ccccc3F)n2)cc1OC. The maximum absolute atomic E-state index is 13.7. The van der Waals surface area contributed by atoms with E-state index in [1.165, 1.54) is 56.7 Å². The summed E-state index contributed by atoms with van der Waals surface area (Å²) in [6.07, 6.45) is -4.72. The van der Waals surface area contributed by atoms with Gasteiger partial charge in [-0.05, 0) is 36.4 Å². The number of carbonyl (C=O) groups excluding carboxylic acids is 1. The number of nitrogens with one attached hydrogen (secondary N) is 1. The monoisotopic (exact) mass is 467 g/mol. The maximum atomic E-state index is 13.7. The number of benzene rings is 2. The third-order valence-corrected chi connectivity index (χ3v) is 5.00. The molecule has 168 valence electrons. The first-order valence-electron chi connectivity index (χ1n) is 9.07. The van der Waals surface area contributed by atoms with Crippen LogP contribution in [0, 0.1) is 5.82 Å². The first-order valence-corrected chi connectivity index (χ1v) is 10.1. The van der Waals surface area contributed by atoms with Crippen LogP contribution >= 0.6 is 11.8 Å². The first kappa shape index (κ1) is 23.3. The first-order chi connectivity index (χ1) is 15.2. The highest BCUT2D eigenvalue weighted by Crippen LogP contribution is 2.35. The van der Waals surface area contributed by atoms with E-state index < -0.39 is 23.6 Å². The maximum Gasteiger partial charge on any atom is 0.433 e. The van der Waals surface area contributed by atoms with Crippen molar-refractivity contribution in [3.8, 4) is 22.8 Å².